The van der Waals surface area contributed by atoms with Crippen LogP contribution in [0.5, 0.6) is 0 Å². The van der Waals surface area contributed by atoms with Gasteiger partial charge in [-0.25, -0.2) is 18.0 Å². The second kappa shape index (κ2) is 15.6. The Hall–Kier alpha value is -4.04. The number of nitrogens with one attached hydrogen (secondary N) is 1. The number of amides is 1. The quantitative estimate of drug-likeness (QED) is 0.101. The van der Waals surface area contributed by atoms with Gasteiger partial charge in [-0.3, -0.25) is 14.9 Å². The molecule has 1 N–H and O–H groups in total. The number of hydrogen-bond donors (Lipinski definition) is 1. The lowest BCUT2D eigenvalue weighted by Gasteiger charge is -2.26. The molecule has 0 bridgehead atoms. The Labute approximate surface area is 258 Å². The van der Waals surface area contributed by atoms with Crippen LogP contribution in [0, 0.1) is 10.1 Å². The van der Waals surface area contributed by atoms with Crippen LogP contribution < -0.4 is 5.32 Å². The van der Waals surface area contributed by atoms with Crippen molar-refractivity contribution < 1.29 is 41.9 Å². The fourth-order valence-corrected chi connectivity index (χ4v) is 5.23. The summed E-state index contributed by atoms with van der Waals surface area (Å²) in [5, 5.41) is 13.6. The molecule has 0 radical (unpaired) electrons. The number of rotatable bonds is 14. The molecule has 0 spiro atoms. The van der Waals surface area contributed by atoms with Gasteiger partial charge < -0.3 is 19.5 Å². The summed E-state index contributed by atoms with van der Waals surface area (Å²) in [6.45, 7) is 9.29. The molecule has 0 aliphatic rings. The Morgan fingerprint density at radius 2 is 1.50 bits per heavy atom. The fraction of sp³-hybridized carbons (Fsp3) is 0.500. The van der Waals surface area contributed by atoms with Crippen molar-refractivity contribution in [1.29, 1.82) is 0 Å². The average Bonchev–Trinajstić information content (AvgIpc) is 2.91. The third-order valence-corrected chi connectivity index (χ3v) is 7.63. The minimum Gasteiger partial charge on any atom is -0.460 e. The van der Waals surface area contributed by atoms with E-state index in [4.69, 9.17) is 14.2 Å². The van der Waals surface area contributed by atoms with Crippen LogP contribution in [0.1, 0.15) is 66.4 Å². The summed E-state index contributed by atoms with van der Waals surface area (Å²) in [5.74, 6) is -1.47. The van der Waals surface area contributed by atoms with E-state index in [1.807, 2.05) is 0 Å². The van der Waals surface area contributed by atoms with E-state index >= 15 is 0 Å². The molecule has 13 nitrogen and oxygen atoms in total. The fourth-order valence-electron chi connectivity index (χ4n) is 3.81. The first-order valence-electron chi connectivity index (χ1n) is 14.0. The lowest BCUT2D eigenvalue weighted by atomic mass is 10.1. The molecule has 0 aliphatic heterocycles. The maximum atomic E-state index is 13.5. The van der Waals surface area contributed by atoms with Crippen LogP contribution in [0.15, 0.2) is 59.5 Å². The van der Waals surface area contributed by atoms with Gasteiger partial charge in [0.15, 0.2) is 0 Å². The van der Waals surface area contributed by atoms with Gasteiger partial charge in [-0.2, -0.15) is 4.31 Å². The van der Waals surface area contributed by atoms with E-state index in [0.717, 1.165) is 34.1 Å². The molecule has 1 amide bonds. The van der Waals surface area contributed by atoms with Crippen molar-refractivity contribution in [2.75, 3.05) is 13.1 Å². The number of nitro groups is 1. The minimum absolute atomic E-state index is 0.0566. The zero-order chi connectivity index (χ0) is 33.1. The van der Waals surface area contributed by atoms with E-state index in [0.29, 0.717) is 0 Å². The van der Waals surface area contributed by atoms with E-state index in [9.17, 15) is 32.9 Å². The third-order valence-electron chi connectivity index (χ3n) is 5.77. The Balaban J connectivity index is 2.17. The van der Waals surface area contributed by atoms with Gasteiger partial charge in [0, 0.05) is 18.7 Å². The molecule has 2 aromatic carbocycles. The number of carbonyl (C=O) groups excluding carboxylic acids is 3. The molecule has 0 fully saturated rings. The summed E-state index contributed by atoms with van der Waals surface area (Å²) in [4.78, 5) is 48.1. The topological polar surface area (TPSA) is 171 Å². The number of ether oxygens (including phenoxy) is 3. The van der Waals surface area contributed by atoms with Crippen LogP contribution in [0.4, 0.5) is 10.5 Å². The van der Waals surface area contributed by atoms with E-state index in [1.165, 1.54) is 0 Å². The van der Waals surface area contributed by atoms with Crippen LogP contribution >= 0.6 is 0 Å². The van der Waals surface area contributed by atoms with Crippen molar-refractivity contribution in [3.05, 3.63) is 70.3 Å². The maximum Gasteiger partial charge on any atom is 0.408 e. The molecule has 1 atom stereocenters. The van der Waals surface area contributed by atoms with Gasteiger partial charge in [-0.1, -0.05) is 30.3 Å². The van der Waals surface area contributed by atoms with Gasteiger partial charge in [0.25, 0.3) is 5.69 Å². The molecule has 14 heteroatoms. The van der Waals surface area contributed by atoms with Gasteiger partial charge in [-0.15, -0.1) is 0 Å². The maximum absolute atomic E-state index is 13.5. The van der Waals surface area contributed by atoms with E-state index in [2.05, 4.69) is 5.32 Å². The summed E-state index contributed by atoms with van der Waals surface area (Å²) in [6.07, 6.45) is -0.270. The number of nitro benzene ring substituents is 1. The van der Waals surface area contributed by atoms with E-state index in [-0.39, 0.29) is 43.0 Å². The molecule has 0 saturated carbocycles. The Bertz CT molecular complexity index is 1380. The predicted octanol–water partition coefficient (Wildman–Crippen LogP) is 4.73. The average molecular weight is 636 g/mol. The molecule has 0 aliphatic carbocycles. The molecular formula is C30H41N3O10S. The lowest BCUT2D eigenvalue weighted by Crippen LogP contribution is -2.46. The first kappa shape index (κ1) is 36.2. The molecule has 242 valence electrons. The van der Waals surface area contributed by atoms with Gasteiger partial charge in [0.2, 0.25) is 10.0 Å². The number of nitrogens with zero attached hydrogens (tertiary/aromatic N) is 2. The third kappa shape index (κ3) is 12.7. The summed E-state index contributed by atoms with van der Waals surface area (Å²) in [5.41, 5.74) is -1.19. The van der Waals surface area contributed by atoms with Crippen molar-refractivity contribution in [2.24, 2.45) is 0 Å². The van der Waals surface area contributed by atoms with Gasteiger partial charge in [0.1, 0.15) is 30.4 Å². The first-order valence-corrected chi connectivity index (χ1v) is 15.5. The standard InChI is InChI=1S/C30H41N3O10S/c1-29(2,3)42-27(35)25(31-28(36)43-30(4,5)6)14-10-11-19-32(20-26(34)41-21-22-12-8-7-9-13-22)44(39,40)24-17-15-23(16-18-24)33(37)38/h7-9,12-13,15-18,25H,10-11,14,19-21H2,1-6H3,(H,31,36)/t25-/m0/s1. The summed E-state index contributed by atoms with van der Waals surface area (Å²) >= 11 is 0. The molecule has 2 aromatic rings. The second-order valence-corrected chi connectivity index (χ2v) is 13.9. The number of non-ortho nitro benzene ring substituents is 1. The van der Waals surface area contributed by atoms with Crippen molar-refractivity contribution in [3.8, 4) is 0 Å². The Kier molecular flexibility index (Phi) is 12.8. The predicted molar refractivity (Wildman–Crippen MR) is 161 cm³/mol. The zero-order valence-corrected chi connectivity index (χ0v) is 26.7. The molecular weight excluding hydrogens is 594 g/mol. The van der Waals surface area contributed by atoms with Gasteiger partial charge >= 0.3 is 18.0 Å². The van der Waals surface area contributed by atoms with Crippen LogP contribution in [0.25, 0.3) is 0 Å². The summed E-state index contributed by atoms with van der Waals surface area (Å²) < 4.78 is 43.9. The van der Waals surface area contributed by atoms with Crippen LogP contribution in [-0.4, -0.2) is 66.0 Å². The first-order chi connectivity index (χ1) is 20.4. The van der Waals surface area contributed by atoms with Crippen LogP contribution in [0.3, 0.4) is 0 Å². The highest BCUT2D eigenvalue weighted by molar-refractivity contribution is 7.89. The summed E-state index contributed by atoms with van der Waals surface area (Å²) in [7, 11) is -4.27. The number of alkyl carbamates (subject to hydrolysis) is 1. The smallest absolute Gasteiger partial charge is 0.408 e. The van der Waals surface area contributed by atoms with Crippen LogP contribution in [-0.2, 0) is 40.4 Å². The van der Waals surface area contributed by atoms with Gasteiger partial charge in [0.05, 0.1) is 9.82 Å². The number of unbranched alkanes of at least 4 members (excludes halogenated alkanes) is 1. The molecule has 0 aromatic heterocycles. The highest BCUT2D eigenvalue weighted by Crippen LogP contribution is 2.21. The molecule has 2 rings (SSSR count). The number of benzene rings is 2. The van der Waals surface area contributed by atoms with E-state index in [1.54, 1.807) is 71.9 Å². The molecule has 44 heavy (non-hydrogen) atoms. The minimum atomic E-state index is -4.27. The van der Waals surface area contributed by atoms with Crippen molar-refractivity contribution in [1.82, 2.24) is 9.62 Å². The molecule has 0 heterocycles. The van der Waals surface area contributed by atoms with Crippen molar-refractivity contribution in [2.45, 2.75) is 89.6 Å². The van der Waals surface area contributed by atoms with Crippen molar-refractivity contribution >= 4 is 33.7 Å². The summed E-state index contributed by atoms with van der Waals surface area (Å²) in [6, 6.07) is 12.1. The zero-order valence-electron chi connectivity index (χ0n) is 25.9. The van der Waals surface area contributed by atoms with Crippen molar-refractivity contribution in [3.63, 3.8) is 0 Å². The highest BCUT2D eigenvalue weighted by atomic mass is 32.2. The normalized spacial score (nSPS) is 12.7. The number of esters is 2. The largest absolute Gasteiger partial charge is 0.460 e. The Morgan fingerprint density at radius 1 is 0.909 bits per heavy atom. The monoisotopic (exact) mass is 635 g/mol. The number of carbonyl (C=O) groups is 3. The SMILES string of the molecule is CC(C)(C)OC(=O)N[C@@H](CCCCN(CC(=O)OCc1ccccc1)S(=O)(=O)c1ccc([N+](=O)[O-])cc1)C(=O)OC(C)(C)C. The number of sulfonamides is 1. The van der Waals surface area contributed by atoms with Crippen LogP contribution in [0.2, 0.25) is 0 Å². The second-order valence-electron chi connectivity index (χ2n) is 12.0. The number of hydrogen-bond acceptors (Lipinski definition) is 10. The highest BCUT2D eigenvalue weighted by Gasteiger charge is 2.30. The lowest BCUT2D eigenvalue weighted by molar-refractivity contribution is -0.384. The van der Waals surface area contributed by atoms with E-state index < -0.39 is 56.8 Å². The molecule has 0 unspecified atom stereocenters. The van der Waals surface area contributed by atoms with Gasteiger partial charge in [-0.05, 0) is 78.5 Å². The Morgan fingerprint density at radius 3 is 2.05 bits per heavy atom. The molecule has 0 saturated heterocycles.